The van der Waals surface area contributed by atoms with Gasteiger partial charge in [0.2, 0.25) is 5.95 Å². The third kappa shape index (κ3) is 4.49. The summed E-state index contributed by atoms with van der Waals surface area (Å²) in [6.07, 6.45) is 0.963. The van der Waals surface area contributed by atoms with Crippen molar-refractivity contribution in [1.29, 1.82) is 0 Å². The van der Waals surface area contributed by atoms with E-state index in [4.69, 9.17) is 9.72 Å². The van der Waals surface area contributed by atoms with E-state index in [1.54, 1.807) is 23.1 Å². The Labute approximate surface area is 180 Å². The average Bonchev–Trinajstić information content (AvgIpc) is 3.40. The van der Waals surface area contributed by atoms with Gasteiger partial charge in [-0.25, -0.2) is 4.98 Å². The summed E-state index contributed by atoms with van der Waals surface area (Å²) in [4.78, 5) is 7.04. The number of benzene rings is 1. The highest BCUT2D eigenvalue weighted by atomic mass is 32.2. The molecule has 0 unspecified atom stereocenters. The van der Waals surface area contributed by atoms with Gasteiger partial charge in [-0.2, -0.15) is 0 Å². The Kier molecular flexibility index (Phi) is 6.52. The van der Waals surface area contributed by atoms with Crippen LogP contribution >= 0.6 is 23.1 Å². The van der Waals surface area contributed by atoms with E-state index in [0.29, 0.717) is 5.92 Å². The first-order valence-corrected chi connectivity index (χ1v) is 12.0. The van der Waals surface area contributed by atoms with Gasteiger partial charge in [0, 0.05) is 30.1 Å². The van der Waals surface area contributed by atoms with Crippen LogP contribution < -0.4 is 4.90 Å². The van der Waals surface area contributed by atoms with E-state index in [1.165, 1.54) is 10.6 Å². The predicted octanol–water partition coefficient (Wildman–Crippen LogP) is 4.54. The predicted molar refractivity (Wildman–Crippen MR) is 120 cm³/mol. The zero-order chi connectivity index (χ0) is 20.2. The number of thioether (sulfide) groups is 1. The number of aromatic nitrogens is 4. The zero-order valence-electron chi connectivity index (χ0n) is 17.2. The molecule has 1 saturated heterocycles. The minimum atomic E-state index is 0.465. The Bertz CT molecular complexity index is 946. The molecule has 0 atom stereocenters. The van der Waals surface area contributed by atoms with Crippen LogP contribution in [0.3, 0.4) is 0 Å². The Morgan fingerprint density at radius 2 is 1.97 bits per heavy atom. The summed E-state index contributed by atoms with van der Waals surface area (Å²) in [6.45, 7) is 9.67. The zero-order valence-corrected chi connectivity index (χ0v) is 18.8. The molecule has 1 aliphatic heterocycles. The summed E-state index contributed by atoms with van der Waals surface area (Å²) in [5, 5.41) is 13.4. The van der Waals surface area contributed by atoms with Gasteiger partial charge in [0.05, 0.1) is 29.6 Å². The number of ether oxygens (including phenoxy) is 1. The molecule has 0 N–H and O–H groups in total. The third-order valence-corrected chi connectivity index (χ3v) is 7.09. The molecule has 0 saturated carbocycles. The van der Waals surface area contributed by atoms with E-state index in [-0.39, 0.29) is 0 Å². The quantitative estimate of drug-likeness (QED) is 0.514. The summed E-state index contributed by atoms with van der Waals surface area (Å²) >= 11 is 3.44. The highest BCUT2D eigenvalue weighted by Gasteiger charge is 2.23. The number of hydrogen-bond acceptors (Lipinski definition) is 7. The first-order valence-electron chi connectivity index (χ1n) is 10.1. The topological polar surface area (TPSA) is 56.1 Å². The Morgan fingerprint density at radius 1 is 1.17 bits per heavy atom. The molecule has 0 bridgehead atoms. The van der Waals surface area contributed by atoms with Crippen LogP contribution in [0.5, 0.6) is 0 Å². The van der Waals surface area contributed by atoms with Crippen molar-refractivity contribution in [3.05, 3.63) is 45.9 Å². The largest absolute Gasteiger partial charge is 0.378 e. The Hall–Kier alpha value is -1.90. The molecular weight excluding hydrogens is 402 g/mol. The number of rotatable bonds is 7. The number of morpholine rings is 1. The molecule has 1 aliphatic rings. The van der Waals surface area contributed by atoms with Gasteiger partial charge in [0.25, 0.3) is 0 Å². The summed E-state index contributed by atoms with van der Waals surface area (Å²) in [6, 6.07) is 8.52. The molecule has 0 amide bonds. The number of anilines is 1. The second-order valence-corrected chi connectivity index (χ2v) is 9.15. The number of hydrogen-bond donors (Lipinski definition) is 0. The highest BCUT2D eigenvalue weighted by molar-refractivity contribution is 7.98. The molecule has 0 spiro atoms. The molecule has 3 aromatic rings. The molecule has 1 fully saturated rings. The monoisotopic (exact) mass is 429 g/mol. The maximum absolute atomic E-state index is 5.53. The van der Waals surface area contributed by atoms with E-state index in [9.17, 15) is 0 Å². The van der Waals surface area contributed by atoms with Gasteiger partial charge in [-0.15, -0.1) is 21.5 Å². The molecule has 2 aromatic heterocycles. The lowest BCUT2D eigenvalue weighted by Crippen LogP contribution is -2.38. The number of para-hydroxylation sites is 1. The summed E-state index contributed by atoms with van der Waals surface area (Å²) in [7, 11) is 0. The molecule has 0 aliphatic carbocycles. The van der Waals surface area contributed by atoms with Crippen LogP contribution in [0.1, 0.15) is 43.0 Å². The van der Waals surface area contributed by atoms with Gasteiger partial charge >= 0.3 is 0 Å². The maximum atomic E-state index is 5.53. The SMILES string of the molecule is CCc1ccccc1-n1c(SCc2csc(C(C)C)n2)nnc1N1CCOCC1. The molecule has 8 heteroatoms. The molecule has 0 radical (unpaired) electrons. The van der Waals surface area contributed by atoms with Crippen LogP contribution in [-0.4, -0.2) is 46.1 Å². The van der Waals surface area contributed by atoms with Gasteiger partial charge in [-0.1, -0.05) is 50.7 Å². The van der Waals surface area contributed by atoms with Crippen LogP contribution in [-0.2, 0) is 16.9 Å². The molecular formula is C21H27N5OS2. The van der Waals surface area contributed by atoms with Gasteiger partial charge in [0.15, 0.2) is 5.16 Å². The van der Waals surface area contributed by atoms with Crippen molar-refractivity contribution in [2.45, 2.75) is 44.0 Å². The Morgan fingerprint density at radius 3 is 2.69 bits per heavy atom. The maximum Gasteiger partial charge on any atom is 0.232 e. The second kappa shape index (κ2) is 9.28. The van der Waals surface area contributed by atoms with Crippen molar-refractivity contribution in [2.75, 3.05) is 31.2 Å². The van der Waals surface area contributed by atoms with Crippen molar-refractivity contribution in [2.24, 2.45) is 0 Å². The van der Waals surface area contributed by atoms with Crippen molar-refractivity contribution < 1.29 is 4.74 Å². The minimum absolute atomic E-state index is 0.465. The first kappa shape index (κ1) is 20.4. The minimum Gasteiger partial charge on any atom is -0.378 e. The van der Waals surface area contributed by atoms with Crippen molar-refractivity contribution in [3.63, 3.8) is 0 Å². The van der Waals surface area contributed by atoms with Crippen molar-refractivity contribution in [1.82, 2.24) is 19.7 Å². The lowest BCUT2D eigenvalue weighted by molar-refractivity contribution is 0.122. The van der Waals surface area contributed by atoms with Crippen LogP contribution in [0.2, 0.25) is 0 Å². The molecule has 1 aromatic carbocycles. The van der Waals surface area contributed by atoms with Crippen molar-refractivity contribution in [3.8, 4) is 5.69 Å². The van der Waals surface area contributed by atoms with E-state index in [1.807, 2.05) is 0 Å². The van der Waals surface area contributed by atoms with Gasteiger partial charge in [-0.3, -0.25) is 4.57 Å². The number of nitrogens with zero attached hydrogens (tertiary/aromatic N) is 5. The average molecular weight is 430 g/mol. The smallest absolute Gasteiger partial charge is 0.232 e. The molecule has 4 rings (SSSR count). The lowest BCUT2D eigenvalue weighted by atomic mass is 10.1. The Balaban J connectivity index is 1.66. The highest BCUT2D eigenvalue weighted by Crippen LogP contribution is 2.31. The van der Waals surface area contributed by atoms with E-state index < -0.39 is 0 Å². The van der Waals surface area contributed by atoms with Crippen LogP contribution in [0.25, 0.3) is 5.69 Å². The summed E-state index contributed by atoms with van der Waals surface area (Å²) in [5.41, 5.74) is 3.56. The molecule has 3 heterocycles. The molecule has 6 nitrogen and oxygen atoms in total. The van der Waals surface area contributed by atoms with Crippen molar-refractivity contribution >= 4 is 29.0 Å². The van der Waals surface area contributed by atoms with Crippen LogP contribution in [0.15, 0.2) is 34.8 Å². The normalized spacial score (nSPS) is 14.7. The second-order valence-electron chi connectivity index (χ2n) is 7.32. The van der Waals surface area contributed by atoms with Gasteiger partial charge < -0.3 is 9.64 Å². The van der Waals surface area contributed by atoms with E-state index >= 15 is 0 Å². The lowest BCUT2D eigenvalue weighted by Gasteiger charge is -2.28. The fourth-order valence-corrected chi connectivity index (χ4v) is 5.13. The fraction of sp³-hybridized carbons (Fsp3) is 0.476. The third-order valence-electron chi connectivity index (χ3n) is 4.94. The van der Waals surface area contributed by atoms with Gasteiger partial charge in [0.1, 0.15) is 0 Å². The van der Waals surface area contributed by atoms with E-state index in [2.05, 4.69) is 70.1 Å². The van der Waals surface area contributed by atoms with Crippen LogP contribution in [0, 0.1) is 0 Å². The standard InChI is InChI=1S/C21H27N5OS2/c1-4-16-7-5-6-8-18(16)26-20(25-9-11-27-12-10-25)23-24-21(26)29-14-17-13-28-19(22-17)15(2)3/h5-8,13,15H,4,9-12,14H2,1-3H3. The van der Waals surface area contributed by atoms with Crippen LogP contribution in [0.4, 0.5) is 5.95 Å². The fourth-order valence-electron chi connectivity index (χ4n) is 3.36. The first-order chi connectivity index (χ1) is 14.2. The molecule has 29 heavy (non-hydrogen) atoms. The van der Waals surface area contributed by atoms with Gasteiger partial charge in [-0.05, 0) is 18.1 Å². The van der Waals surface area contributed by atoms with E-state index in [0.717, 1.165) is 61.0 Å². The number of thiazole rings is 1. The summed E-state index contributed by atoms with van der Waals surface area (Å²) in [5.74, 6) is 2.16. The summed E-state index contributed by atoms with van der Waals surface area (Å²) < 4.78 is 7.75. The number of aryl methyl sites for hydroxylation is 1. The molecule has 154 valence electrons.